The molecule has 0 aliphatic rings. The Hall–Kier alpha value is -3.06. The van der Waals surface area contributed by atoms with Gasteiger partial charge in [-0.1, -0.05) is 51.8 Å². The van der Waals surface area contributed by atoms with Crippen molar-refractivity contribution in [2.75, 3.05) is 20.3 Å². The number of carbonyl (C=O) groups is 1. The number of benzene rings is 3. The zero-order chi connectivity index (χ0) is 26.1. The Bertz CT molecular complexity index is 1220. The number of aryl methyl sites for hydroxylation is 1. The number of carbonyl (C=O) groups excluding carboxylic acids is 1. The van der Waals surface area contributed by atoms with Crippen LogP contribution < -0.4 is 18.9 Å². The van der Waals surface area contributed by atoms with E-state index in [0.29, 0.717) is 46.1 Å². The SMILES string of the molecule is CCCCOc1c(OCCCC)c(OC(C)=O)c2cc(S(=O)c3ccccc3CC)ccc2c1OC. The topological polar surface area (TPSA) is 71.1 Å². The molecule has 36 heavy (non-hydrogen) atoms. The molecule has 194 valence electrons. The minimum atomic E-state index is -1.42. The third kappa shape index (κ3) is 6.19. The summed E-state index contributed by atoms with van der Waals surface area (Å²) < 4.78 is 37.4. The van der Waals surface area contributed by atoms with Gasteiger partial charge < -0.3 is 18.9 Å². The number of methoxy groups -OCH3 is 1. The summed E-state index contributed by atoms with van der Waals surface area (Å²) in [5.41, 5.74) is 1.02. The van der Waals surface area contributed by atoms with Gasteiger partial charge in [0.2, 0.25) is 11.5 Å². The van der Waals surface area contributed by atoms with E-state index in [4.69, 9.17) is 18.9 Å². The van der Waals surface area contributed by atoms with Gasteiger partial charge in [0.05, 0.1) is 31.1 Å². The fourth-order valence-electron chi connectivity index (χ4n) is 3.93. The summed E-state index contributed by atoms with van der Waals surface area (Å²) in [6.07, 6.45) is 4.36. The lowest BCUT2D eigenvalue weighted by Crippen LogP contribution is -2.09. The van der Waals surface area contributed by atoms with Crippen LogP contribution in [0.25, 0.3) is 10.8 Å². The Morgan fingerprint density at radius 3 is 2.06 bits per heavy atom. The van der Waals surface area contributed by atoms with Crippen LogP contribution in [0.5, 0.6) is 23.0 Å². The second-order valence-corrected chi connectivity index (χ2v) is 9.90. The molecule has 3 aromatic carbocycles. The summed E-state index contributed by atoms with van der Waals surface area (Å²) in [6.45, 7) is 8.45. The molecule has 0 aliphatic heterocycles. The minimum Gasteiger partial charge on any atom is -0.492 e. The second-order valence-electron chi connectivity index (χ2n) is 8.46. The van der Waals surface area contributed by atoms with Crippen LogP contribution in [0.3, 0.4) is 0 Å². The standard InChI is InChI=1S/C29H36O6S/c1-6-9-17-33-28-26(32-5)23-16-15-22(36(31)25-14-12-11-13-21(25)8-3)19-24(23)27(35-20(4)30)29(28)34-18-10-7-2/h11-16,19H,6-10,17-18H2,1-5H3. The Morgan fingerprint density at radius 1 is 0.833 bits per heavy atom. The molecule has 0 aromatic heterocycles. The van der Waals surface area contributed by atoms with Gasteiger partial charge in [0, 0.05) is 27.5 Å². The lowest BCUT2D eigenvalue weighted by molar-refractivity contribution is -0.131. The Morgan fingerprint density at radius 2 is 1.47 bits per heavy atom. The largest absolute Gasteiger partial charge is 0.492 e. The number of rotatable bonds is 13. The summed E-state index contributed by atoms with van der Waals surface area (Å²) in [4.78, 5) is 13.5. The van der Waals surface area contributed by atoms with Crippen molar-refractivity contribution in [3.63, 3.8) is 0 Å². The molecule has 3 aromatic rings. The number of fused-ring (bicyclic) bond motifs is 1. The van der Waals surface area contributed by atoms with E-state index in [9.17, 15) is 9.00 Å². The highest BCUT2D eigenvalue weighted by molar-refractivity contribution is 7.85. The number of unbranched alkanes of at least 4 members (excludes halogenated alkanes) is 2. The molecule has 0 saturated heterocycles. The second kappa shape index (κ2) is 13.3. The molecule has 1 atom stereocenters. The summed E-state index contributed by atoms with van der Waals surface area (Å²) in [7, 11) is 0.154. The van der Waals surface area contributed by atoms with Crippen LogP contribution in [0.2, 0.25) is 0 Å². The number of ether oxygens (including phenoxy) is 4. The molecule has 0 bridgehead atoms. The zero-order valence-electron chi connectivity index (χ0n) is 21.8. The van der Waals surface area contributed by atoms with Gasteiger partial charge in [-0.25, -0.2) is 4.21 Å². The molecule has 3 rings (SSSR count). The lowest BCUT2D eigenvalue weighted by Gasteiger charge is -2.21. The van der Waals surface area contributed by atoms with Crippen LogP contribution in [-0.4, -0.2) is 30.5 Å². The minimum absolute atomic E-state index is 0.253. The lowest BCUT2D eigenvalue weighted by atomic mass is 10.1. The molecule has 0 spiro atoms. The van der Waals surface area contributed by atoms with E-state index in [2.05, 4.69) is 13.8 Å². The predicted octanol–water partition coefficient (Wildman–Crippen LogP) is 6.86. The summed E-state index contributed by atoms with van der Waals surface area (Å²) in [6, 6.07) is 13.2. The molecule has 0 amide bonds. The van der Waals surface area contributed by atoms with E-state index < -0.39 is 16.8 Å². The molecule has 0 N–H and O–H groups in total. The van der Waals surface area contributed by atoms with Gasteiger partial charge in [-0.05, 0) is 49.1 Å². The van der Waals surface area contributed by atoms with Crippen LogP contribution >= 0.6 is 0 Å². The molecule has 0 aliphatic carbocycles. The van der Waals surface area contributed by atoms with E-state index in [1.807, 2.05) is 43.3 Å². The molecule has 0 saturated carbocycles. The monoisotopic (exact) mass is 512 g/mol. The van der Waals surface area contributed by atoms with Crippen molar-refractivity contribution in [2.24, 2.45) is 0 Å². The van der Waals surface area contributed by atoms with Crippen LogP contribution in [0.1, 0.15) is 58.9 Å². The van der Waals surface area contributed by atoms with Gasteiger partial charge in [0.1, 0.15) is 0 Å². The van der Waals surface area contributed by atoms with E-state index in [-0.39, 0.29) is 5.75 Å². The summed E-state index contributed by atoms with van der Waals surface area (Å²) >= 11 is 0. The van der Waals surface area contributed by atoms with Crippen LogP contribution in [0, 0.1) is 0 Å². The van der Waals surface area contributed by atoms with Crippen molar-refractivity contribution in [3.8, 4) is 23.0 Å². The van der Waals surface area contributed by atoms with Crippen molar-refractivity contribution in [3.05, 3.63) is 48.0 Å². The molecule has 0 heterocycles. The van der Waals surface area contributed by atoms with E-state index in [0.717, 1.165) is 42.6 Å². The normalized spacial score (nSPS) is 11.8. The van der Waals surface area contributed by atoms with Crippen molar-refractivity contribution in [1.29, 1.82) is 0 Å². The van der Waals surface area contributed by atoms with Gasteiger partial charge >= 0.3 is 5.97 Å². The van der Waals surface area contributed by atoms with Crippen LogP contribution in [-0.2, 0) is 22.0 Å². The quantitative estimate of drug-likeness (QED) is 0.142. The van der Waals surface area contributed by atoms with Gasteiger partial charge in [0.15, 0.2) is 11.5 Å². The van der Waals surface area contributed by atoms with Gasteiger partial charge in [-0.3, -0.25) is 4.79 Å². The summed E-state index contributed by atoms with van der Waals surface area (Å²) in [5, 5.41) is 1.27. The van der Waals surface area contributed by atoms with Crippen molar-refractivity contribution in [2.45, 2.75) is 69.6 Å². The van der Waals surface area contributed by atoms with Crippen molar-refractivity contribution in [1.82, 2.24) is 0 Å². The number of esters is 1. The third-order valence-electron chi connectivity index (χ3n) is 5.80. The number of hydrogen-bond donors (Lipinski definition) is 0. The van der Waals surface area contributed by atoms with Crippen molar-refractivity contribution < 1.29 is 28.0 Å². The molecule has 0 radical (unpaired) electrons. The summed E-state index contributed by atoms with van der Waals surface area (Å²) in [5.74, 6) is 1.01. The maximum Gasteiger partial charge on any atom is 0.308 e. The molecule has 1 unspecified atom stereocenters. The Labute approximate surface area is 216 Å². The van der Waals surface area contributed by atoms with E-state index >= 15 is 0 Å². The first kappa shape index (κ1) is 27.5. The highest BCUT2D eigenvalue weighted by Gasteiger charge is 2.26. The molecule has 7 heteroatoms. The van der Waals surface area contributed by atoms with Crippen LogP contribution in [0.4, 0.5) is 0 Å². The highest BCUT2D eigenvalue weighted by atomic mass is 32.2. The molecular weight excluding hydrogens is 476 g/mol. The fourth-order valence-corrected chi connectivity index (χ4v) is 5.25. The molecular formula is C29H36O6S. The fraction of sp³-hybridized carbons (Fsp3) is 0.414. The third-order valence-corrected chi connectivity index (χ3v) is 7.28. The Balaban J connectivity index is 2.26. The molecule has 0 fully saturated rings. The first-order chi connectivity index (χ1) is 17.5. The van der Waals surface area contributed by atoms with Gasteiger partial charge in [-0.2, -0.15) is 0 Å². The van der Waals surface area contributed by atoms with Gasteiger partial charge in [0.25, 0.3) is 0 Å². The first-order valence-corrected chi connectivity index (χ1v) is 13.7. The van der Waals surface area contributed by atoms with E-state index in [1.165, 1.54) is 6.92 Å². The van der Waals surface area contributed by atoms with Gasteiger partial charge in [-0.15, -0.1) is 0 Å². The smallest absolute Gasteiger partial charge is 0.308 e. The maximum absolute atomic E-state index is 13.6. The molecule has 6 nitrogen and oxygen atoms in total. The highest BCUT2D eigenvalue weighted by Crippen LogP contribution is 2.52. The zero-order valence-corrected chi connectivity index (χ0v) is 22.7. The van der Waals surface area contributed by atoms with E-state index in [1.54, 1.807) is 13.2 Å². The van der Waals surface area contributed by atoms with Crippen molar-refractivity contribution >= 4 is 27.5 Å². The van der Waals surface area contributed by atoms with Crippen LogP contribution in [0.15, 0.2) is 52.3 Å². The average Bonchev–Trinajstić information content (AvgIpc) is 2.89. The average molecular weight is 513 g/mol. The Kier molecular flexibility index (Phi) is 10.2. The number of hydrogen-bond acceptors (Lipinski definition) is 6. The maximum atomic E-state index is 13.6. The first-order valence-electron chi connectivity index (χ1n) is 12.6. The predicted molar refractivity (Wildman–Crippen MR) is 143 cm³/mol.